The minimum absolute atomic E-state index is 0.557. The van der Waals surface area contributed by atoms with Crippen molar-refractivity contribution < 1.29 is 0 Å². The number of unbranched alkanes of at least 4 members (excludes halogenated alkanes) is 3. The second-order valence-electron chi connectivity index (χ2n) is 3.89. The van der Waals surface area contributed by atoms with Crippen molar-refractivity contribution in [2.45, 2.75) is 45.7 Å². The van der Waals surface area contributed by atoms with Crippen LogP contribution in [0.25, 0.3) is 0 Å². The van der Waals surface area contributed by atoms with Gasteiger partial charge in [-0.25, -0.2) is 0 Å². The molecule has 0 aromatic heterocycles. The summed E-state index contributed by atoms with van der Waals surface area (Å²) in [5.41, 5.74) is 0. The van der Waals surface area contributed by atoms with E-state index >= 15 is 0 Å². The van der Waals surface area contributed by atoms with Crippen molar-refractivity contribution in [1.29, 1.82) is 0 Å². The lowest BCUT2D eigenvalue weighted by Crippen LogP contribution is -2.34. The quantitative estimate of drug-likeness (QED) is 0.603. The first kappa shape index (κ1) is 10.4. The van der Waals surface area contributed by atoms with Gasteiger partial charge < -0.3 is 9.80 Å². The fourth-order valence-electron chi connectivity index (χ4n) is 1.66. The van der Waals surface area contributed by atoms with Crippen LogP contribution in [0.1, 0.15) is 39.5 Å². The minimum Gasteiger partial charge on any atom is -0.359 e. The van der Waals surface area contributed by atoms with Gasteiger partial charge in [0.15, 0.2) is 0 Å². The molecule has 1 heterocycles. The van der Waals surface area contributed by atoms with Crippen LogP contribution >= 0.6 is 0 Å². The van der Waals surface area contributed by atoms with Crippen LogP contribution in [-0.4, -0.2) is 29.6 Å². The van der Waals surface area contributed by atoms with Gasteiger partial charge in [0.2, 0.25) is 0 Å². The van der Waals surface area contributed by atoms with Crippen LogP contribution in [0, 0.1) is 0 Å². The molecule has 0 N–H and O–H groups in total. The Hall–Kier alpha value is -0.660. The van der Waals surface area contributed by atoms with Crippen LogP contribution in [0.5, 0.6) is 0 Å². The standard InChI is InChI=1S/C11H22N2/c1-4-5-6-7-8-13-10-9-12(3)11(13)2/h9-11H,4-8H2,1-3H3. The van der Waals surface area contributed by atoms with Gasteiger partial charge in [-0.2, -0.15) is 0 Å². The Labute approximate surface area is 82.2 Å². The first-order valence-electron chi connectivity index (χ1n) is 5.41. The molecule has 0 aromatic carbocycles. The minimum atomic E-state index is 0.557. The number of hydrogen-bond donors (Lipinski definition) is 0. The summed E-state index contributed by atoms with van der Waals surface area (Å²) in [6.45, 7) is 5.72. The van der Waals surface area contributed by atoms with E-state index in [1.165, 1.54) is 32.2 Å². The summed E-state index contributed by atoms with van der Waals surface area (Å²) in [4.78, 5) is 4.66. The van der Waals surface area contributed by atoms with Crippen LogP contribution in [0.3, 0.4) is 0 Å². The average molecular weight is 182 g/mol. The van der Waals surface area contributed by atoms with Gasteiger partial charge in [-0.3, -0.25) is 0 Å². The molecule has 0 fully saturated rings. The lowest BCUT2D eigenvalue weighted by atomic mass is 10.2. The predicted octanol–water partition coefficient (Wildman–Crippen LogP) is 2.63. The molecule has 1 unspecified atom stereocenters. The van der Waals surface area contributed by atoms with Gasteiger partial charge in [-0.1, -0.05) is 26.2 Å². The zero-order valence-electron chi connectivity index (χ0n) is 9.16. The second kappa shape index (κ2) is 5.15. The average Bonchev–Trinajstić information content (AvgIpc) is 2.43. The van der Waals surface area contributed by atoms with Crippen molar-refractivity contribution in [2.75, 3.05) is 13.6 Å². The van der Waals surface area contributed by atoms with E-state index < -0.39 is 0 Å². The van der Waals surface area contributed by atoms with E-state index in [0.29, 0.717) is 6.17 Å². The molecule has 0 amide bonds. The van der Waals surface area contributed by atoms with Gasteiger partial charge in [0.25, 0.3) is 0 Å². The molecule has 2 heteroatoms. The monoisotopic (exact) mass is 182 g/mol. The molecular weight excluding hydrogens is 160 g/mol. The Bertz CT molecular complexity index is 165. The maximum absolute atomic E-state index is 2.41. The maximum Gasteiger partial charge on any atom is 0.0974 e. The molecule has 1 aliphatic rings. The Morgan fingerprint density at radius 1 is 1.15 bits per heavy atom. The molecule has 1 aliphatic heterocycles. The molecule has 2 nitrogen and oxygen atoms in total. The van der Waals surface area contributed by atoms with Gasteiger partial charge in [0.05, 0.1) is 6.17 Å². The van der Waals surface area contributed by atoms with E-state index in [1.54, 1.807) is 0 Å². The summed E-state index contributed by atoms with van der Waals surface area (Å²) >= 11 is 0. The van der Waals surface area contributed by atoms with Crippen molar-refractivity contribution in [1.82, 2.24) is 9.80 Å². The first-order valence-corrected chi connectivity index (χ1v) is 5.41. The molecule has 1 rings (SSSR count). The summed E-state index contributed by atoms with van der Waals surface area (Å²) in [7, 11) is 2.13. The number of hydrogen-bond acceptors (Lipinski definition) is 2. The summed E-state index contributed by atoms with van der Waals surface area (Å²) in [6.07, 6.45) is 10.3. The molecule has 0 saturated heterocycles. The SMILES string of the molecule is CCCCCCN1C=CN(C)C1C. The smallest absolute Gasteiger partial charge is 0.0974 e. The maximum atomic E-state index is 2.41. The van der Waals surface area contributed by atoms with E-state index in [1.807, 2.05) is 0 Å². The molecule has 0 radical (unpaired) electrons. The summed E-state index contributed by atoms with van der Waals surface area (Å²) in [5, 5.41) is 0. The van der Waals surface area contributed by atoms with E-state index in [4.69, 9.17) is 0 Å². The number of nitrogens with zero attached hydrogens (tertiary/aromatic N) is 2. The Kier molecular flexibility index (Phi) is 4.13. The highest BCUT2D eigenvalue weighted by atomic mass is 15.4. The van der Waals surface area contributed by atoms with Crippen molar-refractivity contribution in [3.8, 4) is 0 Å². The molecule has 0 saturated carbocycles. The topological polar surface area (TPSA) is 6.48 Å². The number of rotatable bonds is 5. The highest BCUT2D eigenvalue weighted by Crippen LogP contribution is 2.14. The Balaban J connectivity index is 2.12. The first-order chi connectivity index (χ1) is 6.25. The van der Waals surface area contributed by atoms with Gasteiger partial charge >= 0.3 is 0 Å². The third-order valence-corrected chi connectivity index (χ3v) is 2.83. The van der Waals surface area contributed by atoms with Crippen molar-refractivity contribution in [2.24, 2.45) is 0 Å². The third-order valence-electron chi connectivity index (χ3n) is 2.83. The molecule has 0 bridgehead atoms. The highest BCUT2D eigenvalue weighted by molar-refractivity contribution is 4.93. The highest BCUT2D eigenvalue weighted by Gasteiger charge is 2.16. The molecule has 13 heavy (non-hydrogen) atoms. The van der Waals surface area contributed by atoms with Gasteiger partial charge in [-0.15, -0.1) is 0 Å². The third kappa shape index (κ3) is 2.94. The fraction of sp³-hybridized carbons (Fsp3) is 0.818. The lowest BCUT2D eigenvalue weighted by molar-refractivity contribution is 0.192. The summed E-state index contributed by atoms with van der Waals surface area (Å²) in [5.74, 6) is 0. The van der Waals surface area contributed by atoms with Crippen LogP contribution in [0.15, 0.2) is 12.4 Å². The van der Waals surface area contributed by atoms with E-state index in [9.17, 15) is 0 Å². The molecule has 0 aliphatic carbocycles. The predicted molar refractivity (Wildman–Crippen MR) is 57.2 cm³/mol. The summed E-state index contributed by atoms with van der Waals surface area (Å²) < 4.78 is 0. The molecule has 0 spiro atoms. The van der Waals surface area contributed by atoms with Crippen LogP contribution < -0.4 is 0 Å². The molecule has 0 aromatic rings. The van der Waals surface area contributed by atoms with Gasteiger partial charge in [-0.05, 0) is 13.3 Å². The van der Waals surface area contributed by atoms with E-state index in [0.717, 1.165) is 0 Å². The van der Waals surface area contributed by atoms with Crippen molar-refractivity contribution >= 4 is 0 Å². The van der Waals surface area contributed by atoms with E-state index in [-0.39, 0.29) is 0 Å². The zero-order valence-corrected chi connectivity index (χ0v) is 9.16. The zero-order chi connectivity index (χ0) is 9.68. The van der Waals surface area contributed by atoms with Crippen LogP contribution in [0.2, 0.25) is 0 Å². The van der Waals surface area contributed by atoms with Crippen LogP contribution in [0.4, 0.5) is 0 Å². The molecular formula is C11H22N2. The van der Waals surface area contributed by atoms with Gasteiger partial charge in [0.1, 0.15) is 0 Å². The molecule has 76 valence electrons. The lowest BCUT2D eigenvalue weighted by Gasteiger charge is -2.26. The van der Waals surface area contributed by atoms with Crippen LogP contribution in [-0.2, 0) is 0 Å². The van der Waals surface area contributed by atoms with Gasteiger partial charge in [0, 0.05) is 26.0 Å². The van der Waals surface area contributed by atoms with Crippen molar-refractivity contribution in [3.05, 3.63) is 12.4 Å². The fourth-order valence-corrected chi connectivity index (χ4v) is 1.66. The molecule has 1 atom stereocenters. The summed E-state index contributed by atoms with van der Waals surface area (Å²) in [6, 6.07) is 0. The van der Waals surface area contributed by atoms with Crippen molar-refractivity contribution in [3.63, 3.8) is 0 Å². The second-order valence-corrected chi connectivity index (χ2v) is 3.89. The normalized spacial score (nSPS) is 21.6. The Morgan fingerprint density at radius 2 is 1.92 bits per heavy atom. The largest absolute Gasteiger partial charge is 0.359 e. The van der Waals surface area contributed by atoms with E-state index in [2.05, 4.69) is 43.1 Å². The Morgan fingerprint density at radius 3 is 2.46 bits per heavy atom.